The highest BCUT2D eigenvalue weighted by Gasteiger charge is 2.31. The fourth-order valence-corrected chi connectivity index (χ4v) is 2.44. The molecular formula is C13H24N2O4. The van der Waals surface area contributed by atoms with E-state index in [4.69, 9.17) is 9.84 Å². The number of rotatable bonds is 5. The summed E-state index contributed by atoms with van der Waals surface area (Å²) in [5.74, 6) is -0.860. The third-order valence-corrected chi connectivity index (χ3v) is 3.25. The Bertz CT molecular complexity index is 331. The van der Waals surface area contributed by atoms with E-state index in [9.17, 15) is 9.59 Å². The van der Waals surface area contributed by atoms with Gasteiger partial charge in [0.25, 0.3) is 0 Å². The number of carboxylic acid groups (broad SMARTS) is 1. The Morgan fingerprint density at radius 1 is 1.42 bits per heavy atom. The third kappa shape index (κ3) is 5.06. The van der Waals surface area contributed by atoms with Crippen LogP contribution in [0.4, 0.5) is 4.79 Å². The van der Waals surface area contributed by atoms with E-state index in [1.807, 2.05) is 13.8 Å². The Morgan fingerprint density at radius 3 is 2.68 bits per heavy atom. The molecule has 6 nitrogen and oxygen atoms in total. The molecular weight excluding hydrogens is 248 g/mol. The smallest absolute Gasteiger partial charge is 0.318 e. The number of ether oxygens (including phenoxy) is 1. The summed E-state index contributed by atoms with van der Waals surface area (Å²) in [6.07, 6.45) is 2.67. The lowest BCUT2D eigenvalue weighted by molar-refractivity contribution is -0.138. The lowest BCUT2D eigenvalue weighted by atomic mass is 9.99. The predicted molar refractivity (Wildman–Crippen MR) is 71.1 cm³/mol. The van der Waals surface area contributed by atoms with Gasteiger partial charge < -0.3 is 20.1 Å². The van der Waals surface area contributed by atoms with Crippen LogP contribution in [-0.4, -0.2) is 53.8 Å². The second kappa shape index (κ2) is 6.75. The van der Waals surface area contributed by atoms with Crippen molar-refractivity contribution in [2.45, 2.75) is 51.1 Å². The SMILES string of the molecule is COCC(C)(C)NC(=O)N1CCCCC1CC(=O)O. The average molecular weight is 272 g/mol. The lowest BCUT2D eigenvalue weighted by Crippen LogP contribution is -2.56. The van der Waals surface area contributed by atoms with Gasteiger partial charge in [-0.15, -0.1) is 0 Å². The third-order valence-electron chi connectivity index (χ3n) is 3.25. The highest BCUT2D eigenvalue weighted by atomic mass is 16.5. The number of carbonyl (C=O) groups excluding carboxylic acids is 1. The minimum atomic E-state index is -0.860. The van der Waals surface area contributed by atoms with Gasteiger partial charge in [-0.25, -0.2) is 4.79 Å². The summed E-state index contributed by atoms with van der Waals surface area (Å²) in [4.78, 5) is 24.7. The average Bonchev–Trinajstić information content (AvgIpc) is 2.27. The van der Waals surface area contributed by atoms with Crippen molar-refractivity contribution < 1.29 is 19.4 Å². The van der Waals surface area contributed by atoms with Crippen molar-refractivity contribution in [1.82, 2.24) is 10.2 Å². The van der Waals surface area contributed by atoms with Gasteiger partial charge in [-0.05, 0) is 33.1 Å². The molecule has 19 heavy (non-hydrogen) atoms. The maximum atomic E-state index is 12.2. The number of hydrogen-bond donors (Lipinski definition) is 2. The van der Waals surface area contributed by atoms with Crippen LogP contribution in [0.5, 0.6) is 0 Å². The Balaban J connectivity index is 2.64. The largest absolute Gasteiger partial charge is 0.481 e. The number of urea groups is 1. The maximum absolute atomic E-state index is 12.2. The van der Waals surface area contributed by atoms with E-state index in [0.717, 1.165) is 19.3 Å². The topological polar surface area (TPSA) is 78.9 Å². The van der Waals surface area contributed by atoms with E-state index < -0.39 is 11.5 Å². The van der Waals surface area contributed by atoms with Crippen LogP contribution in [-0.2, 0) is 9.53 Å². The summed E-state index contributed by atoms with van der Waals surface area (Å²) in [6, 6.07) is -0.405. The maximum Gasteiger partial charge on any atom is 0.318 e. The molecule has 2 N–H and O–H groups in total. The van der Waals surface area contributed by atoms with Crippen LogP contribution in [0.15, 0.2) is 0 Å². The number of carbonyl (C=O) groups is 2. The number of carboxylic acids is 1. The van der Waals surface area contributed by atoms with Gasteiger partial charge >= 0.3 is 12.0 Å². The second-order valence-corrected chi connectivity index (χ2v) is 5.69. The Morgan fingerprint density at radius 2 is 2.11 bits per heavy atom. The van der Waals surface area contributed by atoms with E-state index in [2.05, 4.69) is 5.32 Å². The molecule has 0 bridgehead atoms. The van der Waals surface area contributed by atoms with Crippen molar-refractivity contribution in [3.63, 3.8) is 0 Å². The number of amides is 2. The summed E-state index contributed by atoms with van der Waals surface area (Å²) in [7, 11) is 1.59. The number of methoxy groups -OCH3 is 1. The summed E-state index contributed by atoms with van der Waals surface area (Å²) >= 11 is 0. The number of likely N-dealkylation sites (tertiary alicyclic amines) is 1. The van der Waals surface area contributed by atoms with Gasteiger partial charge in [0.2, 0.25) is 0 Å². The molecule has 0 aromatic rings. The summed E-state index contributed by atoms with van der Waals surface area (Å²) in [6.45, 7) is 4.79. The van der Waals surface area contributed by atoms with Gasteiger partial charge in [-0.3, -0.25) is 4.79 Å². The van der Waals surface area contributed by atoms with E-state index >= 15 is 0 Å². The fourth-order valence-electron chi connectivity index (χ4n) is 2.44. The van der Waals surface area contributed by atoms with Crippen molar-refractivity contribution in [2.24, 2.45) is 0 Å². The summed E-state index contributed by atoms with van der Waals surface area (Å²) in [5.41, 5.74) is -0.461. The highest BCUT2D eigenvalue weighted by molar-refractivity contribution is 5.76. The molecule has 1 heterocycles. The van der Waals surface area contributed by atoms with Crippen LogP contribution < -0.4 is 5.32 Å². The van der Waals surface area contributed by atoms with Crippen molar-refractivity contribution in [3.05, 3.63) is 0 Å². The van der Waals surface area contributed by atoms with Crippen molar-refractivity contribution in [3.8, 4) is 0 Å². The minimum absolute atomic E-state index is 0.0120. The quantitative estimate of drug-likeness (QED) is 0.794. The molecule has 1 saturated heterocycles. The van der Waals surface area contributed by atoms with Crippen LogP contribution in [0.3, 0.4) is 0 Å². The van der Waals surface area contributed by atoms with Crippen molar-refractivity contribution in [2.75, 3.05) is 20.3 Å². The van der Waals surface area contributed by atoms with E-state index in [1.54, 1.807) is 12.0 Å². The molecule has 0 spiro atoms. The van der Waals surface area contributed by atoms with Gasteiger partial charge in [0.1, 0.15) is 0 Å². The zero-order valence-electron chi connectivity index (χ0n) is 11.9. The molecule has 0 aromatic heterocycles. The van der Waals surface area contributed by atoms with Crippen LogP contribution >= 0.6 is 0 Å². The molecule has 6 heteroatoms. The van der Waals surface area contributed by atoms with Crippen LogP contribution in [0, 0.1) is 0 Å². The Kier molecular flexibility index (Phi) is 5.60. The van der Waals surface area contributed by atoms with Gasteiger partial charge in [0.15, 0.2) is 0 Å². The number of piperidine rings is 1. The standard InChI is InChI=1S/C13H24N2O4/c1-13(2,9-19-3)14-12(18)15-7-5-4-6-10(15)8-11(16)17/h10H,4-9H2,1-3H3,(H,14,18)(H,16,17). The van der Waals surface area contributed by atoms with Gasteiger partial charge in [-0.2, -0.15) is 0 Å². The van der Waals surface area contributed by atoms with Gasteiger partial charge in [0, 0.05) is 19.7 Å². The fraction of sp³-hybridized carbons (Fsp3) is 0.846. The van der Waals surface area contributed by atoms with Gasteiger partial charge in [-0.1, -0.05) is 0 Å². The molecule has 1 atom stereocenters. The lowest BCUT2D eigenvalue weighted by Gasteiger charge is -2.37. The molecule has 1 fully saturated rings. The number of aliphatic carboxylic acids is 1. The normalized spacial score (nSPS) is 20.2. The number of nitrogens with zero attached hydrogens (tertiary/aromatic N) is 1. The molecule has 0 aromatic carbocycles. The summed E-state index contributed by atoms with van der Waals surface area (Å²) < 4.78 is 5.06. The Labute approximate surface area is 114 Å². The first kappa shape index (κ1) is 15.8. The zero-order chi connectivity index (χ0) is 14.5. The van der Waals surface area contributed by atoms with E-state index in [-0.39, 0.29) is 18.5 Å². The van der Waals surface area contributed by atoms with Crippen LogP contribution in [0.25, 0.3) is 0 Å². The zero-order valence-corrected chi connectivity index (χ0v) is 11.9. The minimum Gasteiger partial charge on any atom is -0.481 e. The van der Waals surface area contributed by atoms with Crippen molar-refractivity contribution in [1.29, 1.82) is 0 Å². The van der Waals surface area contributed by atoms with Crippen LogP contribution in [0.2, 0.25) is 0 Å². The molecule has 0 radical (unpaired) electrons. The summed E-state index contributed by atoms with van der Waals surface area (Å²) in [5, 5.41) is 11.8. The molecule has 1 unspecified atom stereocenters. The predicted octanol–water partition coefficient (Wildman–Crippen LogP) is 1.45. The molecule has 1 aliphatic rings. The van der Waals surface area contributed by atoms with Crippen LogP contribution in [0.1, 0.15) is 39.5 Å². The molecule has 1 rings (SSSR count). The first-order valence-corrected chi connectivity index (χ1v) is 6.65. The molecule has 1 aliphatic heterocycles. The Hall–Kier alpha value is -1.30. The number of hydrogen-bond acceptors (Lipinski definition) is 3. The molecule has 110 valence electrons. The molecule has 2 amide bonds. The van der Waals surface area contributed by atoms with E-state index in [1.165, 1.54) is 0 Å². The van der Waals surface area contributed by atoms with Gasteiger partial charge in [0.05, 0.1) is 18.6 Å². The van der Waals surface area contributed by atoms with E-state index in [0.29, 0.717) is 13.2 Å². The number of nitrogens with one attached hydrogen (secondary N) is 1. The van der Waals surface area contributed by atoms with Crippen molar-refractivity contribution >= 4 is 12.0 Å². The monoisotopic (exact) mass is 272 g/mol. The first-order chi connectivity index (χ1) is 8.85. The second-order valence-electron chi connectivity index (χ2n) is 5.69. The molecule has 0 saturated carbocycles. The molecule has 0 aliphatic carbocycles. The highest BCUT2D eigenvalue weighted by Crippen LogP contribution is 2.20. The first-order valence-electron chi connectivity index (χ1n) is 6.65.